The van der Waals surface area contributed by atoms with Gasteiger partial charge in [-0.05, 0) is 6.07 Å². The largest absolute Gasteiger partial charge is 0.348 e. The summed E-state index contributed by atoms with van der Waals surface area (Å²) in [6, 6.07) is 4.23. The summed E-state index contributed by atoms with van der Waals surface area (Å²) >= 11 is 11.5. The maximum Gasteiger partial charge on any atom is 0.271 e. The van der Waals surface area contributed by atoms with Crippen molar-refractivity contribution in [2.45, 2.75) is 4.46 Å². The van der Waals surface area contributed by atoms with E-state index >= 15 is 0 Å². The Kier molecular flexibility index (Phi) is 2.28. The number of nitro groups is 1. The number of nitrogens with one attached hydrogen (secondary N) is 1. The summed E-state index contributed by atoms with van der Waals surface area (Å²) < 4.78 is -1.32. The first-order valence-corrected chi connectivity index (χ1v) is 4.73. The normalized spacial score (nSPS) is 16.7. The number of rotatable bonds is 1. The van der Waals surface area contributed by atoms with Crippen LogP contribution in [0.4, 0.5) is 17.1 Å². The van der Waals surface area contributed by atoms with E-state index < -0.39 is 9.38 Å². The van der Waals surface area contributed by atoms with Gasteiger partial charge in [-0.15, -0.1) is 0 Å². The molecule has 7 heteroatoms. The second kappa shape index (κ2) is 3.36. The summed E-state index contributed by atoms with van der Waals surface area (Å²) in [5, 5.41) is 13.2. The lowest BCUT2D eigenvalue weighted by Crippen LogP contribution is -2.28. The topological polar surface area (TPSA) is 67.5 Å². The minimum atomic E-state index is -1.32. The SMILES string of the molecule is O=[N+]([O-])c1ccc2c(c1)NC(Cl)(Cl)C=N2. The molecule has 0 fully saturated rings. The first-order valence-electron chi connectivity index (χ1n) is 3.98. The summed E-state index contributed by atoms with van der Waals surface area (Å²) in [6.45, 7) is 0. The first-order chi connectivity index (χ1) is 6.98. The zero-order chi connectivity index (χ0) is 11.1. The fraction of sp³-hybridized carbons (Fsp3) is 0.125. The Labute approximate surface area is 94.9 Å². The summed E-state index contributed by atoms with van der Waals surface area (Å²) in [5.74, 6) is 0. The molecule has 0 unspecified atom stereocenters. The van der Waals surface area contributed by atoms with E-state index in [1.807, 2.05) is 0 Å². The van der Waals surface area contributed by atoms with Crippen molar-refractivity contribution in [3.63, 3.8) is 0 Å². The van der Waals surface area contributed by atoms with E-state index in [9.17, 15) is 10.1 Å². The van der Waals surface area contributed by atoms with Gasteiger partial charge >= 0.3 is 0 Å². The molecular formula is C8H5Cl2N3O2. The zero-order valence-corrected chi connectivity index (χ0v) is 8.79. The lowest BCUT2D eigenvalue weighted by Gasteiger charge is -2.22. The first kappa shape index (κ1) is 10.2. The predicted octanol–water partition coefficient (Wildman–Crippen LogP) is 2.85. The van der Waals surface area contributed by atoms with Gasteiger partial charge < -0.3 is 5.32 Å². The third-order valence-corrected chi connectivity index (χ3v) is 2.24. The third kappa shape index (κ3) is 2.03. The van der Waals surface area contributed by atoms with Gasteiger partial charge in [0.25, 0.3) is 5.69 Å². The molecule has 1 aromatic rings. The van der Waals surface area contributed by atoms with Gasteiger partial charge in [0.05, 0.1) is 22.5 Å². The Morgan fingerprint density at radius 3 is 2.87 bits per heavy atom. The van der Waals surface area contributed by atoms with E-state index in [2.05, 4.69) is 10.3 Å². The van der Waals surface area contributed by atoms with Crippen LogP contribution in [0.15, 0.2) is 23.2 Å². The van der Waals surface area contributed by atoms with Gasteiger partial charge in [-0.3, -0.25) is 15.1 Å². The number of non-ortho nitro benzene ring substituents is 1. The average Bonchev–Trinajstić information content (AvgIpc) is 2.15. The molecule has 0 saturated heterocycles. The smallest absolute Gasteiger partial charge is 0.271 e. The summed E-state index contributed by atoms with van der Waals surface area (Å²) in [7, 11) is 0. The van der Waals surface area contributed by atoms with Crippen LogP contribution in [0.1, 0.15) is 0 Å². The van der Waals surface area contributed by atoms with E-state index in [0.29, 0.717) is 11.4 Å². The molecule has 0 radical (unpaired) electrons. The minimum absolute atomic E-state index is 0.0394. The highest BCUT2D eigenvalue weighted by atomic mass is 35.5. The van der Waals surface area contributed by atoms with Gasteiger partial charge in [0.1, 0.15) is 0 Å². The standard InChI is InChI=1S/C8H5Cl2N3O2/c9-8(10)4-11-6-2-1-5(13(14)15)3-7(6)12-8/h1-4,12H. The molecule has 1 N–H and O–H groups in total. The van der Waals surface area contributed by atoms with Gasteiger partial charge in [0.15, 0.2) is 0 Å². The van der Waals surface area contributed by atoms with Gasteiger partial charge in [0.2, 0.25) is 4.46 Å². The number of anilines is 1. The molecule has 0 spiro atoms. The van der Waals surface area contributed by atoms with Crippen LogP contribution < -0.4 is 5.32 Å². The van der Waals surface area contributed by atoms with Crippen molar-refractivity contribution >= 4 is 46.5 Å². The van der Waals surface area contributed by atoms with Crippen LogP contribution >= 0.6 is 23.2 Å². The van der Waals surface area contributed by atoms with Crippen molar-refractivity contribution in [3.8, 4) is 0 Å². The fourth-order valence-corrected chi connectivity index (χ4v) is 1.51. The molecular weight excluding hydrogens is 241 g/mol. The number of fused-ring (bicyclic) bond motifs is 1. The highest BCUT2D eigenvalue weighted by molar-refractivity contribution is 6.57. The van der Waals surface area contributed by atoms with Gasteiger partial charge in [0, 0.05) is 12.1 Å². The number of alkyl halides is 2. The van der Waals surface area contributed by atoms with Crippen molar-refractivity contribution in [2.75, 3.05) is 5.32 Å². The number of hydrogen-bond donors (Lipinski definition) is 1. The monoisotopic (exact) mass is 245 g/mol. The van der Waals surface area contributed by atoms with Gasteiger partial charge in [-0.25, -0.2) is 0 Å². The highest BCUT2D eigenvalue weighted by Gasteiger charge is 2.26. The van der Waals surface area contributed by atoms with E-state index in [1.54, 1.807) is 0 Å². The van der Waals surface area contributed by atoms with E-state index in [4.69, 9.17) is 23.2 Å². The molecule has 5 nitrogen and oxygen atoms in total. The number of benzene rings is 1. The van der Waals surface area contributed by atoms with Crippen molar-refractivity contribution in [3.05, 3.63) is 28.3 Å². The van der Waals surface area contributed by atoms with Crippen molar-refractivity contribution in [1.29, 1.82) is 0 Å². The number of halogens is 2. The molecule has 1 heterocycles. The van der Waals surface area contributed by atoms with Crippen LogP contribution in [0, 0.1) is 10.1 Å². The molecule has 2 rings (SSSR count). The maximum atomic E-state index is 10.5. The third-order valence-electron chi connectivity index (χ3n) is 1.86. The van der Waals surface area contributed by atoms with Crippen LogP contribution in [0.3, 0.4) is 0 Å². The van der Waals surface area contributed by atoms with Crippen LogP contribution in [-0.2, 0) is 0 Å². The Bertz CT molecular complexity index is 459. The molecule has 78 valence electrons. The molecule has 1 aliphatic heterocycles. The Balaban J connectivity index is 2.46. The predicted molar refractivity (Wildman–Crippen MR) is 59.3 cm³/mol. The minimum Gasteiger partial charge on any atom is -0.348 e. The van der Waals surface area contributed by atoms with Crippen molar-refractivity contribution in [1.82, 2.24) is 0 Å². The van der Waals surface area contributed by atoms with Crippen LogP contribution in [0.2, 0.25) is 0 Å². The molecule has 1 aromatic carbocycles. The molecule has 0 saturated carbocycles. The molecule has 0 aromatic heterocycles. The highest BCUT2D eigenvalue weighted by Crippen LogP contribution is 2.36. The van der Waals surface area contributed by atoms with E-state index in [1.165, 1.54) is 24.4 Å². The maximum absolute atomic E-state index is 10.5. The van der Waals surface area contributed by atoms with Crippen LogP contribution in [0.5, 0.6) is 0 Å². The van der Waals surface area contributed by atoms with Crippen LogP contribution in [-0.4, -0.2) is 15.6 Å². The second-order valence-electron chi connectivity index (χ2n) is 2.96. The number of hydrogen-bond acceptors (Lipinski definition) is 4. The molecule has 15 heavy (non-hydrogen) atoms. The lowest BCUT2D eigenvalue weighted by molar-refractivity contribution is -0.384. The summed E-state index contributed by atoms with van der Waals surface area (Å²) in [6.07, 6.45) is 1.32. The fourth-order valence-electron chi connectivity index (χ4n) is 1.21. The Hall–Kier alpha value is -1.33. The van der Waals surface area contributed by atoms with Crippen molar-refractivity contribution in [2.24, 2.45) is 4.99 Å². The second-order valence-corrected chi connectivity index (χ2v) is 4.35. The number of nitro benzene ring substituents is 1. The number of aliphatic imine (C=N–C) groups is 1. The summed E-state index contributed by atoms with van der Waals surface area (Å²) in [4.78, 5) is 14.0. The quantitative estimate of drug-likeness (QED) is 0.358. The molecule has 0 aliphatic carbocycles. The number of nitrogens with zero attached hydrogens (tertiary/aromatic N) is 2. The molecule has 0 bridgehead atoms. The molecule has 0 amide bonds. The average molecular weight is 246 g/mol. The molecule has 0 atom stereocenters. The lowest BCUT2D eigenvalue weighted by atomic mass is 10.2. The van der Waals surface area contributed by atoms with Crippen LogP contribution in [0.25, 0.3) is 0 Å². The van der Waals surface area contributed by atoms with Gasteiger partial charge in [-0.2, -0.15) is 0 Å². The van der Waals surface area contributed by atoms with E-state index in [-0.39, 0.29) is 5.69 Å². The Morgan fingerprint density at radius 1 is 1.47 bits per heavy atom. The Morgan fingerprint density at radius 2 is 2.20 bits per heavy atom. The van der Waals surface area contributed by atoms with E-state index in [0.717, 1.165) is 0 Å². The summed E-state index contributed by atoms with van der Waals surface area (Å²) in [5.41, 5.74) is 0.969. The van der Waals surface area contributed by atoms with Gasteiger partial charge in [-0.1, -0.05) is 23.2 Å². The molecule has 1 aliphatic rings. The zero-order valence-electron chi connectivity index (χ0n) is 7.28. The van der Waals surface area contributed by atoms with Crippen molar-refractivity contribution < 1.29 is 4.92 Å².